The summed E-state index contributed by atoms with van der Waals surface area (Å²) in [6, 6.07) is 10.9. The SMILES string of the molecule is COc1cccc(C(C)(CC(=O)O)NC(=O)c2ccc(F)c(SC)c2)c1. The van der Waals surface area contributed by atoms with Gasteiger partial charge in [-0.2, -0.15) is 0 Å². The standard InChI is InChI=1S/C19H20FNO4S/c1-19(11-17(22)23,13-5-4-6-14(10-13)25-2)21-18(24)12-7-8-15(20)16(9-12)26-3/h4-10H,11H2,1-3H3,(H,21,24)(H,22,23). The van der Waals surface area contributed by atoms with Crippen molar-refractivity contribution >= 4 is 23.6 Å². The van der Waals surface area contributed by atoms with Gasteiger partial charge in [-0.1, -0.05) is 12.1 Å². The molecule has 138 valence electrons. The van der Waals surface area contributed by atoms with E-state index in [4.69, 9.17) is 4.74 Å². The number of methoxy groups -OCH3 is 1. The lowest BCUT2D eigenvalue weighted by Crippen LogP contribution is -2.45. The van der Waals surface area contributed by atoms with Gasteiger partial charge in [-0.15, -0.1) is 11.8 Å². The minimum atomic E-state index is -1.16. The molecule has 0 spiro atoms. The fourth-order valence-electron chi connectivity index (χ4n) is 2.61. The predicted octanol–water partition coefficient (Wildman–Crippen LogP) is 3.68. The summed E-state index contributed by atoms with van der Waals surface area (Å²) in [5.74, 6) is -1.39. The van der Waals surface area contributed by atoms with E-state index in [1.54, 1.807) is 37.4 Å². The van der Waals surface area contributed by atoms with E-state index in [1.165, 1.54) is 37.1 Å². The van der Waals surface area contributed by atoms with Crippen LogP contribution in [0.5, 0.6) is 5.75 Å². The van der Waals surface area contributed by atoms with Crippen molar-refractivity contribution in [3.63, 3.8) is 0 Å². The van der Waals surface area contributed by atoms with Crippen LogP contribution in [0.15, 0.2) is 47.4 Å². The number of carboxylic acid groups (broad SMARTS) is 1. The third-order valence-electron chi connectivity index (χ3n) is 4.01. The van der Waals surface area contributed by atoms with Gasteiger partial charge in [-0.25, -0.2) is 4.39 Å². The van der Waals surface area contributed by atoms with Gasteiger partial charge in [-0.05, 0) is 49.1 Å². The molecule has 0 radical (unpaired) electrons. The lowest BCUT2D eigenvalue weighted by molar-refractivity contribution is -0.138. The summed E-state index contributed by atoms with van der Waals surface area (Å²) in [6.45, 7) is 1.63. The Hall–Kier alpha value is -2.54. The molecule has 26 heavy (non-hydrogen) atoms. The second-order valence-corrected chi connectivity index (χ2v) is 6.79. The number of rotatable bonds is 7. The molecule has 0 aliphatic heterocycles. The lowest BCUT2D eigenvalue weighted by Gasteiger charge is -2.30. The number of carbonyl (C=O) groups excluding carboxylic acids is 1. The van der Waals surface area contributed by atoms with Gasteiger partial charge in [0.1, 0.15) is 11.6 Å². The zero-order chi connectivity index (χ0) is 19.3. The molecule has 0 aliphatic rings. The van der Waals surface area contributed by atoms with Crippen LogP contribution in [0.1, 0.15) is 29.3 Å². The first-order valence-corrected chi connectivity index (χ1v) is 9.04. The summed E-state index contributed by atoms with van der Waals surface area (Å²) in [4.78, 5) is 24.4. The number of hydrogen-bond acceptors (Lipinski definition) is 4. The Balaban J connectivity index is 2.37. The van der Waals surface area contributed by atoms with E-state index in [-0.39, 0.29) is 12.0 Å². The van der Waals surface area contributed by atoms with Gasteiger partial charge in [0.2, 0.25) is 0 Å². The zero-order valence-electron chi connectivity index (χ0n) is 14.7. The van der Waals surface area contributed by atoms with Crippen molar-refractivity contribution in [1.29, 1.82) is 0 Å². The smallest absolute Gasteiger partial charge is 0.306 e. The third-order valence-corrected chi connectivity index (χ3v) is 4.77. The summed E-state index contributed by atoms with van der Waals surface area (Å²) in [6.07, 6.45) is 1.40. The maximum Gasteiger partial charge on any atom is 0.306 e. The molecule has 0 heterocycles. The van der Waals surface area contributed by atoms with Crippen molar-refractivity contribution in [3.8, 4) is 5.75 Å². The normalized spacial score (nSPS) is 12.9. The van der Waals surface area contributed by atoms with Gasteiger partial charge in [0.05, 0.1) is 19.1 Å². The molecule has 5 nitrogen and oxygen atoms in total. The van der Waals surface area contributed by atoms with Crippen molar-refractivity contribution < 1.29 is 23.8 Å². The average Bonchev–Trinajstić information content (AvgIpc) is 2.61. The maximum absolute atomic E-state index is 13.6. The quantitative estimate of drug-likeness (QED) is 0.720. The van der Waals surface area contributed by atoms with Crippen molar-refractivity contribution in [1.82, 2.24) is 5.32 Å². The number of nitrogens with one attached hydrogen (secondary N) is 1. The molecule has 0 saturated heterocycles. The van der Waals surface area contributed by atoms with Crippen LogP contribution in [-0.4, -0.2) is 30.3 Å². The van der Waals surface area contributed by atoms with E-state index < -0.39 is 23.2 Å². The number of halogens is 1. The van der Waals surface area contributed by atoms with Gasteiger partial charge in [0, 0.05) is 10.5 Å². The van der Waals surface area contributed by atoms with Gasteiger partial charge in [-0.3, -0.25) is 9.59 Å². The summed E-state index contributed by atoms with van der Waals surface area (Å²) >= 11 is 1.19. The fourth-order valence-corrected chi connectivity index (χ4v) is 3.12. The van der Waals surface area contributed by atoms with Crippen LogP contribution < -0.4 is 10.1 Å². The number of amides is 1. The monoisotopic (exact) mass is 377 g/mol. The molecular formula is C19H20FNO4S. The summed E-state index contributed by atoms with van der Waals surface area (Å²) < 4.78 is 18.8. The van der Waals surface area contributed by atoms with Gasteiger partial charge < -0.3 is 15.2 Å². The summed E-state index contributed by atoms with van der Waals surface area (Å²) in [5.41, 5.74) is -0.305. The van der Waals surface area contributed by atoms with E-state index in [1.807, 2.05) is 0 Å². The van der Waals surface area contributed by atoms with Crippen LogP contribution in [-0.2, 0) is 10.3 Å². The fraction of sp³-hybridized carbons (Fsp3) is 0.263. The van der Waals surface area contributed by atoms with Crippen LogP contribution in [0.25, 0.3) is 0 Å². The van der Waals surface area contributed by atoms with Crippen LogP contribution in [0.3, 0.4) is 0 Å². The molecule has 2 aromatic carbocycles. The Morgan fingerprint density at radius 3 is 2.62 bits per heavy atom. The number of carbonyl (C=O) groups is 2. The average molecular weight is 377 g/mol. The molecule has 1 unspecified atom stereocenters. The number of hydrogen-bond donors (Lipinski definition) is 2. The first kappa shape index (κ1) is 19.8. The van der Waals surface area contributed by atoms with E-state index in [9.17, 15) is 19.1 Å². The second-order valence-electron chi connectivity index (χ2n) is 5.94. The van der Waals surface area contributed by atoms with E-state index in [0.717, 1.165) is 0 Å². The van der Waals surface area contributed by atoms with Crippen LogP contribution >= 0.6 is 11.8 Å². The van der Waals surface area contributed by atoms with Crippen LogP contribution in [0.4, 0.5) is 4.39 Å². The molecule has 0 fully saturated rings. The summed E-state index contributed by atoms with van der Waals surface area (Å²) in [7, 11) is 1.51. The predicted molar refractivity (Wildman–Crippen MR) is 98.2 cm³/mol. The number of thioether (sulfide) groups is 1. The Morgan fingerprint density at radius 2 is 2.00 bits per heavy atom. The van der Waals surface area contributed by atoms with Gasteiger partial charge in [0.25, 0.3) is 5.91 Å². The Morgan fingerprint density at radius 1 is 1.27 bits per heavy atom. The topological polar surface area (TPSA) is 75.6 Å². The van der Waals surface area contributed by atoms with Gasteiger partial charge >= 0.3 is 5.97 Å². The number of ether oxygens (including phenoxy) is 1. The first-order chi connectivity index (χ1) is 12.3. The highest BCUT2D eigenvalue weighted by molar-refractivity contribution is 7.98. The Bertz CT molecular complexity index is 827. The third kappa shape index (κ3) is 4.54. The Labute approximate surface area is 155 Å². The van der Waals surface area contributed by atoms with Crippen molar-refractivity contribution in [3.05, 3.63) is 59.4 Å². The highest BCUT2D eigenvalue weighted by Crippen LogP contribution is 2.29. The second kappa shape index (κ2) is 8.23. The number of benzene rings is 2. The zero-order valence-corrected chi connectivity index (χ0v) is 15.5. The minimum absolute atomic E-state index is 0.259. The number of carboxylic acids is 1. The molecule has 0 aliphatic carbocycles. The van der Waals surface area contributed by atoms with Crippen molar-refractivity contribution in [2.24, 2.45) is 0 Å². The van der Waals surface area contributed by atoms with Crippen LogP contribution in [0.2, 0.25) is 0 Å². The molecule has 2 rings (SSSR count). The van der Waals surface area contributed by atoms with Gasteiger partial charge in [0.15, 0.2) is 0 Å². The lowest BCUT2D eigenvalue weighted by atomic mass is 9.88. The van der Waals surface area contributed by atoms with E-state index >= 15 is 0 Å². The maximum atomic E-state index is 13.6. The highest BCUT2D eigenvalue weighted by atomic mass is 32.2. The summed E-state index contributed by atoms with van der Waals surface area (Å²) in [5, 5.41) is 12.1. The molecule has 2 aromatic rings. The highest BCUT2D eigenvalue weighted by Gasteiger charge is 2.32. The molecule has 1 amide bonds. The molecule has 7 heteroatoms. The Kier molecular flexibility index (Phi) is 6.26. The first-order valence-electron chi connectivity index (χ1n) is 7.81. The van der Waals surface area contributed by atoms with Crippen molar-refractivity contribution in [2.75, 3.05) is 13.4 Å². The number of aliphatic carboxylic acids is 1. The molecule has 1 atom stereocenters. The molecule has 0 aromatic heterocycles. The van der Waals surface area contributed by atoms with Crippen molar-refractivity contribution in [2.45, 2.75) is 23.8 Å². The molecule has 0 bridgehead atoms. The molecular weight excluding hydrogens is 357 g/mol. The van der Waals surface area contributed by atoms with E-state index in [2.05, 4.69) is 5.32 Å². The van der Waals surface area contributed by atoms with E-state index in [0.29, 0.717) is 16.2 Å². The minimum Gasteiger partial charge on any atom is -0.497 e. The molecule has 2 N–H and O–H groups in total. The van der Waals surface area contributed by atoms with Crippen LogP contribution in [0, 0.1) is 5.82 Å². The molecule has 0 saturated carbocycles. The largest absolute Gasteiger partial charge is 0.497 e.